The molecule has 1 heterocycles. The molecule has 0 aliphatic heterocycles. The van der Waals surface area contributed by atoms with Gasteiger partial charge in [-0.25, -0.2) is 0 Å². The third kappa shape index (κ3) is 4.35. The summed E-state index contributed by atoms with van der Waals surface area (Å²) in [7, 11) is 0. The summed E-state index contributed by atoms with van der Waals surface area (Å²) in [5, 5.41) is 13.1. The Kier molecular flexibility index (Phi) is 5.74. The molecule has 0 spiro atoms. The van der Waals surface area contributed by atoms with E-state index >= 15 is 0 Å². The normalized spacial score (nSPS) is 10.7. The molecule has 0 saturated carbocycles. The van der Waals surface area contributed by atoms with Crippen LogP contribution in [0.4, 0.5) is 5.69 Å². The maximum Gasteiger partial charge on any atom is 0.244 e. The van der Waals surface area contributed by atoms with Gasteiger partial charge in [-0.05, 0) is 79.2 Å². The van der Waals surface area contributed by atoms with E-state index in [0.29, 0.717) is 44.6 Å². The molecular formula is C29H21N3O3. The van der Waals surface area contributed by atoms with Gasteiger partial charge in [-0.2, -0.15) is 5.26 Å². The second-order valence-corrected chi connectivity index (χ2v) is 8.21. The summed E-state index contributed by atoms with van der Waals surface area (Å²) in [6, 6.07) is 29.0. The number of amides is 1. The molecule has 5 rings (SSSR count). The van der Waals surface area contributed by atoms with Crippen molar-refractivity contribution in [3.63, 3.8) is 0 Å². The highest BCUT2D eigenvalue weighted by Gasteiger charge is 2.14. The van der Waals surface area contributed by atoms with Crippen molar-refractivity contribution in [3.8, 4) is 17.6 Å². The van der Waals surface area contributed by atoms with E-state index in [4.69, 9.17) is 10.00 Å². The van der Waals surface area contributed by atoms with E-state index in [9.17, 15) is 9.59 Å². The zero-order valence-electron chi connectivity index (χ0n) is 19.0. The Morgan fingerprint density at radius 2 is 1.49 bits per heavy atom. The quantitative estimate of drug-likeness (QED) is 0.338. The number of anilines is 1. The fourth-order valence-corrected chi connectivity index (χ4v) is 4.15. The number of hydrogen-bond acceptors (Lipinski definition) is 4. The third-order valence-electron chi connectivity index (χ3n) is 5.87. The largest absolute Gasteiger partial charge is 0.457 e. The number of hydrogen-bond donors (Lipinski definition) is 1. The molecule has 35 heavy (non-hydrogen) atoms. The number of nitrogens with zero attached hydrogens (tertiary/aromatic N) is 2. The number of nitriles is 1. The predicted octanol–water partition coefficient (Wildman–Crippen LogP) is 5.77. The Hall–Kier alpha value is -4.89. The Balaban J connectivity index is 1.39. The van der Waals surface area contributed by atoms with Gasteiger partial charge in [0.15, 0.2) is 5.43 Å². The van der Waals surface area contributed by atoms with Crippen molar-refractivity contribution in [2.45, 2.75) is 13.5 Å². The second kappa shape index (κ2) is 9.16. The van der Waals surface area contributed by atoms with E-state index in [0.717, 1.165) is 5.56 Å². The number of nitrogens with one attached hydrogen (secondary N) is 1. The lowest BCUT2D eigenvalue weighted by Gasteiger charge is -2.16. The smallest absolute Gasteiger partial charge is 0.244 e. The molecular weight excluding hydrogens is 438 g/mol. The maximum absolute atomic E-state index is 13.1. The SMILES string of the molecule is Cc1cc(Oc2ccc(C#N)cc2)ccc1NC(=O)Cn1c2ccccc2c(=O)c2ccccc21. The van der Waals surface area contributed by atoms with Crippen LogP contribution in [0.25, 0.3) is 21.8 Å². The van der Waals surface area contributed by atoms with Crippen molar-refractivity contribution in [1.82, 2.24) is 4.57 Å². The molecule has 0 radical (unpaired) electrons. The minimum atomic E-state index is -0.201. The fourth-order valence-electron chi connectivity index (χ4n) is 4.15. The van der Waals surface area contributed by atoms with Gasteiger partial charge in [-0.1, -0.05) is 24.3 Å². The van der Waals surface area contributed by atoms with E-state index in [-0.39, 0.29) is 17.9 Å². The highest BCUT2D eigenvalue weighted by molar-refractivity contribution is 5.97. The van der Waals surface area contributed by atoms with Crippen molar-refractivity contribution in [2.24, 2.45) is 0 Å². The maximum atomic E-state index is 13.1. The summed E-state index contributed by atoms with van der Waals surface area (Å²) in [6.07, 6.45) is 0. The van der Waals surface area contributed by atoms with Crippen LogP contribution in [0.1, 0.15) is 11.1 Å². The van der Waals surface area contributed by atoms with Crippen LogP contribution in [-0.2, 0) is 11.3 Å². The molecule has 1 N–H and O–H groups in total. The molecule has 0 aliphatic rings. The Morgan fingerprint density at radius 3 is 2.09 bits per heavy atom. The first-order valence-corrected chi connectivity index (χ1v) is 11.1. The standard InChI is InChI=1S/C29H21N3O3/c1-19-16-22(35-21-12-10-20(17-30)11-13-21)14-15-25(19)31-28(33)18-32-26-8-4-2-6-23(26)29(34)24-7-3-5-9-27(24)32/h2-16H,18H2,1H3,(H,31,33). The first kappa shape index (κ1) is 21.9. The molecule has 0 unspecified atom stereocenters. The van der Waals surface area contributed by atoms with Crippen molar-refractivity contribution in [1.29, 1.82) is 5.26 Å². The lowest BCUT2D eigenvalue weighted by molar-refractivity contribution is -0.116. The molecule has 0 fully saturated rings. The van der Waals surface area contributed by atoms with Gasteiger partial charge in [0.05, 0.1) is 22.7 Å². The van der Waals surface area contributed by atoms with Crippen LogP contribution >= 0.6 is 0 Å². The van der Waals surface area contributed by atoms with Gasteiger partial charge < -0.3 is 14.6 Å². The van der Waals surface area contributed by atoms with Gasteiger partial charge in [0.25, 0.3) is 0 Å². The third-order valence-corrected chi connectivity index (χ3v) is 5.87. The Labute approximate surface area is 201 Å². The summed E-state index contributed by atoms with van der Waals surface area (Å²) in [6.45, 7) is 1.95. The lowest BCUT2D eigenvalue weighted by atomic mass is 10.1. The number of rotatable bonds is 5. The summed E-state index contributed by atoms with van der Waals surface area (Å²) < 4.78 is 7.74. The van der Waals surface area contributed by atoms with Gasteiger partial charge in [-0.15, -0.1) is 0 Å². The lowest BCUT2D eigenvalue weighted by Crippen LogP contribution is -2.21. The number of benzene rings is 4. The van der Waals surface area contributed by atoms with Crippen LogP contribution in [0.5, 0.6) is 11.5 Å². The Bertz CT molecular complexity index is 1620. The Morgan fingerprint density at radius 1 is 0.886 bits per heavy atom. The van der Waals surface area contributed by atoms with E-state index in [2.05, 4.69) is 11.4 Å². The monoisotopic (exact) mass is 459 g/mol. The average Bonchev–Trinajstić information content (AvgIpc) is 2.88. The number of carbonyl (C=O) groups excluding carboxylic acids is 1. The van der Waals surface area contributed by atoms with Gasteiger partial charge in [-0.3, -0.25) is 9.59 Å². The van der Waals surface area contributed by atoms with Crippen LogP contribution in [0.2, 0.25) is 0 Å². The number of para-hydroxylation sites is 2. The topological polar surface area (TPSA) is 84.1 Å². The molecule has 5 aromatic rings. The molecule has 6 nitrogen and oxygen atoms in total. The summed E-state index contributed by atoms with van der Waals surface area (Å²) in [4.78, 5) is 26.0. The number of carbonyl (C=O) groups is 1. The molecule has 0 bridgehead atoms. The number of aryl methyl sites for hydroxylation is 1. The molecule has 6 heteroatoms. The van der Waals surface area contributed by atoms with Crippen molar-refractivity contribution in [2.75, 3.05) is 5.32 Å². The first-order chi connectivity index (χ1) is 17.0. The van der Waals surface area contributed by atoms with Gasteiger partial charge >= 0.3 is 0 Å². The zero-order chi connectivity index (χ0) is 24.4. The van der Waals surface area contributed by atoms with Gasteiger partial charge in [0, 0.05) is 16.5 Å². The average molecular weight is 460 g/mol. The zero-order valence-corrected chi connectivity index (χ0v) is 19.0. The highest BCUT2D eigenvalue weighted by atomic mass is 16.5. The van der Waals surface area contributed by atoms with Crippen LogP contribution in [0.3, 0.4) is 0 Å². The van der Waals surface area contributed by atoms with Gasteiger partial charge in [0.1, 0.15) is 18.0 Å². The fraction of sp³-hybridized carbons (Fsp3) is 0.0690. The van der Waals surface area contributed by atoms with E-state index in [1.54, 1.807) is 48.5 Å². The molecule has 1 aromatic heterocycles. The summed E-state index contributed by atoms with van der Waals surface area (Å²) >= 11 is 0. The molecule has 4 aromatic carbocycles. The highest BCUT2D eigenvalue weighted by Crippen LogP contribution is 2.27. The predicted molar refractivity (Wildman–Crippen MR) is 137 cm³/mol. The van der Waals surface area contributed by atoms with Crippen molar-refractivity contribution < 1.29 is 9.53 Å². The molecule has 170 valence electrons. The summed E-state index contributed by atoms with van der Waals surface area (Å²) in [5.41, 5.74) is 3.48. The van der Waals surface area contributed by atoms with Crippen LogP contribution in [-0.4, -0.2) is 10.5 Å². The number of aromatic nitrogens is 1. The van der Waals surface area contributed by atoms with E-state index in [1.807, 2.05) is 54.0 Å². The van der Waals surface area contributed by atoms with E-state index < -0.39 is 0 Å². The van der Waals surface area contributed by atoms with Crippen LogP contribution in [0.15, 0.2) is 95.8 Å². The summed E-state index contributed by atoms with van der Waals surface area (Å²) in [5.74, 6) is 1.05. The van der Waals surface area contributed by atoms with E-state index in [1.165, 1.54) is 0 Å². The molecule has 0 saturated heterocycles. The minimum Gasteiger partial charge on any atom is -0.457 e. The first-order valence-electron chi connectivity index (χ1n) is 11.1. The van der Waals surface area contributed by atoms with Crippen LogP contribution < -0.4 is 15.5 Å². The second-order valence-electron chi connectivity index (χ2n) is 8.21. The van der Waals surface area contributed by atoms with Crippen molar-refractivity contribution in [3.05, 3.63) is 112 Å². The number of fused-ring (bicyclic) bond motifs is 2. The molecule has 1 amide bonds. The molecule has 0 atom stereocenters. The molecule has 0 aliphatic carbocycles. The number of ether oxygens (including phenoxy) is 1. The van der Waals surface area contributed by atoms with Crippen LogP contribution in [0, 0.1) is 18.3 Å². The number of pyridine rings is 1. The van der Waals surface area contributed by atoms with Gasteiger partial charge in [0.2, 0.25) is 5.91 Å². The minimum absolute atomic E-state index is 0.0402. The van der Waals surface area contributed by atoms with Crippen molar-refractivity contribution >= 4 is 33.4 Å².